The molecule has 0 saturated heterocycles. The molecule has 1 aliphatic rings. The van der Waals surface area contributed by atoms with Gasteiger partial charge in [-0.3, -0.25) is 10.2 Å². The third-order valence-electron chi connectivity index (χ3n) is 4.18. The van der Waals surface area contributed by atoms with Crippen LogP contribution in [0.4, 0.5) is 10.1 Å². The molecule has 1 atom stereocenters. The van der Waals surface area contributed by atoms with E-state index in [9.17, 15) is 9.18 Å². The lowest BCUT2D eigenvalue weighted by Gasteiger charge is -2.29. The monoisotopic (exact) mass is 326 g/mol. The van der Waals surface area contributed by atoms with Gasteiger partial charge in [-0.15, -0.1) is 0 Å². The molecule has 1 heterocycles. The van der Waals surface area contributed by atoms with Crippen LogP contribution in [0.2, 0.25) is 0 Å². The first kappa shape index (κ1) is 16.2. The summed E-state index contributed by atoms with van der Waals surface area (Å²) in [6, 6.07) is 13.5. The Bertz CT molecular complexity index is 758. The van der Waals surface area contributed by atoms with Crippen molar-refractivity contribution in [1.29, 1.82) is 5.41 Å². The van der Waals surface area contributed by atoms with Crippen molar-refractivity contribution in [1.82, 2.24) is 0 Å². The molecule has 124 valence electrons. The van der Waals surface area contributed by atoms with Gasteiger partial charge in [0.1, 0.15) is 18.2 Å². The summed E-state index contributed by atoms with van der Waals surface area (Å²) in [7, 11) is 0. The highest BCUT2D eigenvalue weighted by atomic mass is 19.1. The molecule has 2 aromatic rings. The lowest BCUT2D eigenvalue weighted by Crippen LogP contribution is -2.41. The molecule has 0 radical (unpaired) electrons. The van der Waals surface area contributed by atoms with E-state index in [4.69, 9.17) is 10.1 Å². The summed E-state index contributed by atoms with van der Waals surface area (Å²) in [6.07, 6.45) is 0.310. The number of carbonyl (C=O) groups excluding carboxylic acids is 1. The van der Waals surface area contributed by atoms with Crippen molar-refractivity contribution in [3.63, 3.8) is 0 Å². The molecule has 24 heavy (non-hydrogen) atoms. The summed E-state index contributed by atoms with van der Waals surface area (Å²) in [6.45, 7) is 2.79. The largest absolute Gasteiger partial charge is 0.490 e. The first-order valence-electron chi connectivity index (χ1n) is 7.93. The third kappa shape index (κ3) is 3.30. The summed E-state index contributed by atoms with van der Waals surface area (Å²) < 4.78 is 18.6. The Labute approximate surface area is 140 Å². The maximum Gasteiger partial charge on any atom is 0.272 e. The molecule has 4 nitrogen and oxygen atoms in total. The second kappa shape index (κ2) is 6.83. The molecule has 0 aliphatic carbocycles. The van der Waals surface area contributed by atoms with Crippen molar-refractivity contribution >= 4 is 17.3 Å². The Morgan fingerprint density at radius 3 is 2.71 bits per heavy atom. The number of amides is 1. The van der Waals surface area contributed by atoms with Crippen LogP contribution in [0.15, 0.2) is 48.5 Å². The highest BCUT2D eigenvalue weighted by Gasteiger charge is 2.26. The molecule has 0 spiro atoms. The molecular weight excluding hydrogens is 307 g/mol. The van der Waals surface area contributed by atoms with Gasteiger partial charge in [0, 0.05) is 6.42 Å². The van der Waals surface area contributed by atoms with E-state index in [0.29, 0.717) is 31.0 Å². The number of hydrogen-bond acceptors (Lipinski definition) is 3. The van der Waals surface area contributed by atoms with Crippen LogP contribution >= 0.6 is 0 Å². The van der Waals surface area contributed by atoms with Gasteiger partial charge in [0.05, 0.1) is 17.9 Å². The van der Waals surface area contributed by atoms with Crippen LogP contribution in [0.3, 0.4) is 0 Å². The number of fused-ring (bicyclic) bond motifs is 1. The Balaban J connectivity index is 1.71. The highest BCUT2D eigenvalue weighted by molar-refractivity contribution is 6.42. The van der Waals surface area contributed by atoms with Crippen molar-refractivity contribution in [2.75, 3.05) is 18.1 Å². The number of carbonyl (C=O) groups is 1. The van der Waals surface area contributed by atoms with Gasteiger partial charge in [-0.25, -0.2) is 4.39 Å². The normalized spacial score (nSPS) is 14.5. The fourth-order valence-electron chi connectivity index (χ4n) is 2.85. The standard InChI is InChI=1S/C19H19FN2O2/c1-13(14-6-8-15(20)9-7-14)12-16(21)19(23)22-10-11-24-18-5-3-2-4-17(18)22/h2-9,13,21H,10-12H2,1H3. The Hall–Kier alpha value is -2.69. The van der Waals surface area contributed by atoms with E-state index in [1.54, 1.807) is 17.0 Å². The molecule has 1 amide bonds. The average Bonchev–Trinajstić information content (AvgIpc) is 2.61. The van der Waals surface area contributed by atoms with E-state index < -0.39 is 0 Å². The Kier molecular flexibility index (Phi) is 4.60. The van der Waals surface area contributed by atoms with Crippen LogP contribution in [0, 0.1) is 11.2 Å². The zero-order valence-corrected chi connectivity index (χ0v) is 13.5. The molecule has 2 aromatic carbocycles. The van der Waals surface area contributed by atoms with E-state index in [1.165, 1.54) is 12.1 Å². The van der Waals surface area contributed by atoms with E-state index in [2.05, 4.69) is 0 Å². The number of rotatable bonds is 4. The third-order valence-corrected chi connectivity index (χ3v) is 4.18. The van der Waals surface area contributed by atoms with Crippen LogP contribution in [-0.2, 0) is 4.79 Å². The first-order chi connectivity index (χ1) is 11.6. The number of halogens is 1. The Morgan fingerprint density at radius 1 is 1.25 bits per heavy atom. The van der Waals surface area contributed by atoms with Crippen molar-refractivity contribution < 1.29 is 13.9 Å². The number of para-hydroxylation sites is 2. The van der Waals surface area contributed by atoms with Gasteiger partial charge in [-0.05, 0) is 35.7 Å². The minimum atomic E-state index is -0.306. The number of nitrogens with zero attached hydrogens (tertiary/aromatic N) is 1. The molecule has 0 aromatic heterocycles. The predicted molar refractivity (Wildman–Crippen MR) is 91.4 cm³/mol. The van der Waals surface area contributed by atoms with E-state index in [1.807, 2.05) is 31.2 Å². The van der Waals surface area contributed by atoms with E-state index >= 15 is 0 Å². The van der Waals surface area contributed by atoms with Crippen LogP contribution in [0.5, 0.6) is 5.75 Å². The first-order valence-corrected chi connectivity index (χ1v) is 7.93. The van der Waals surface area contributed by atoms with Crippen molar-refractivity contribution in [2.45, 2.75) is 19.3 Å². The number of ether oxygens (including phenoxy) is 1. The van der Waals surface area contributed by atoms with Gasteiger partial charge >= 0.3 is 0 Å². The van der Waals surface area contributed by atoms with Gasteiger partial charge in [0.25, 0.3) is 5.91 Å². The fraction of sp³-hybridized carbons (Fsp3) is 0.263. The molecular formula is C19H19FN2O2. The number of hydrogen-bond donors (Lipinski definition) is 1. The number of anilines is 1. The second-order valence-electron chi connectivity index (χ2n) is 5.91. The summed E-state index contributed by atoms with van der Waals surface area (Å²) in [5.41, 5.74) is 1.66. The van der Waals surface area contributed by atoms with Gasteiger partial charge in [-0.2, -0.15) is 0 Å². The molecule has 3 rings (SSSR count). The molecule has 0 fully saturated rings. The lowest BCUT2D eigenvalue weighted by molar-refractivity contribution is -0.113. The minimum Gasteiger partial charge on any atom is -0.490 e. The zero-order valence-electron chi connectivity index (χ0n) is 13.5. The number of nitrogens with one attached hydrogen (secondary N) is 1. The summed E-state index contributed by atoms with van der Waals surface area (Å²) in [5.74, 6) is 0.0385. The summed E-state index contributed by atoms with van der Waals surface area (Å²) in [4.78, 5) is 14.3. The molecule has 0 bridgehead atoms. The van der Waals surface area contributed by atoms with Gasteiger partial charge in [0.2, 0.25) is 0 Å². The van der Waals surface area contributed by atoms with Gasteiger partial charge in [-0.1, -0.05) is 31.2 Å². The van der Waals surface area contributed by atoms with Crippen molar-refractivity contribution in [3.05, 3.63) is 59.9 Å². The average molecular weight is 326 g/mol. The predicted octanol–water partition coefficient (Wildman–Crippen LogP) is 3.76. The van der Waals surface area contributed by atoms with Crippen LogP contribution in [0.25, 0.3) is 0 Å². The lowest BCUT2D eigenvalue weighted by atomic mass is 9.95. The smallest absolute Gasteiger partial charge is 0.272 e. The topological polar surface area (TPSA) is 53.4 Å². The van der Waals surface area contributed by atoms with Gasteiger partial charge < -0.3 is 9.64 Å². The maximum absolute atomic E-state index is 13.0. The van der Waals surface area contributed by atoms with E-state index in [0.717, 1.165) is 5.56 Å². The molecule has 5 heteroatoms. The summed E-state index contributed by atoms with van der Waals surface area (Å²) >= 11 is 0. The number of benzene rings is 2. The van der Waals surface area contributed by atoms with Crippen LogP contribution in [-0.4, -0.2) is 24.8 Å². The molecule has 1 unspecified atom stereocenters. The second-order valence-corrected chi connectivity index (χ2v) is 5.91. The fourth-order valence-corrected chi connectivity index (χ4v) is 2.85. The summed E-state index contributed by atoms with van der Waals surface area (Å²) in [5, 5.41) is 8.19. The molecule has 1 N–H and O–H groups in total. The van der Waals surface area contributed by atoms with Crippen molar-refractivity contribution in [3.8, 4) is 5.75 Å². The maximum atomic E-state index is 13.0. The highest BCUT2D eigenvalue weighted by Crippen LogP contribution is 2.31. The quantitative estimate of drug-likeness (QED) is 0.870. The minimum absolute atomic E-state index is 0.0293. The van der Waals surface area contributed by atoms with Crippen molar-refractivity contribution in [2.24, 2.45) is 0 Å². The zero-order chi connectivity index (χ0) is 17.1. The van der Waals surface area contributed by atoms with E-state index in [-0.39, 0.29) is 23.4 Å². The SMILES string of the molecule is CC(CC(=N)C(=O)N1CCOc2ccccc21)c1ccc(F)cc1. The molecule has 1 aliphatic heterocycles. The van der Waals surface area contributed by atoms with Crippen LogP contribution < -0.4 is 9.64 Å². The van der Waals surface area contributed by atoms with Gasteiger partial charge in [0.15, 0.2) is 0 Å². The van der Waals surface area contributed by atoms with Crippen LogP contribution in [0.1, 0.15) is 24.8 Å². The molecule has 0 saturated carbocycles. The Morgan fingerprint density at radius 2 is 1.96 bits per heavy atom.